The summed E-state index contributed by atoms with van der Waals surface area (Å²) in [5, 5.41) is 0.808. The van der Waals surface area contributed by atoms with Crippen molar-refractivity contribution in [3.8, 4) is 0 Å². The molecule has 0 unspecified atom stereocenters. The van der Waals surface area contributed by atoms with Crippen molar-refractivity contribution in [3.05, 3.63) is 47.6 Å². The van der Waals surface area contributed by atoms with Crippen LogP contribution < -0.4 is 15.5 Å². The van der Waals surface area contributed by atoms with E-state index in [4.69, 9.17) is 17.3 Å². The molecule has 0 spiro atoms. The number of rotatable bonds is 2. The molecule has 0 amide bonds. The summed E-state index contributed by atoms with van der Waals surface area (Å²) in [6.45, 7) is 3.70. The Morgan fingerprint density at radius 3 is 2.40 bits per heavy atom. The van der Waals surface area contributed by atoms with Crippen LogP contribution in [0.15, 0.2) is 42.6 Å². The highest BCUT2D eigenvalue weighted by Gasteiger charge is 2.19. The Kier molecular flexibility index (Phi) is 3.65. The van der Waals surface area contributed by atoms with Crippen LogP contribution in [0.5, 0.6) is 0 Å². The summed E-state index contributed by atoms with van der Waals surface area (Å²) in [6.07, 6.45) is 1.76. The molecule has 3 rings (SSSR count). The smallest absolute Gasteiger partial charge is 0.130 e. The Bertz CT molecular complexity index is 594. The third-order valence-electron chi connectivity index (χ3n) is 3.57. The zero-order chi connectivity index (χ0) is 13.9. The molecule has 2 aromatic rings. The lowest BCUT2D eigenvalue weighted by Crippen LogP contribution is -2.46. The summed E-state index contributed by atoms with van der Waals surface area (Å²) in [4.78, 5) is 8.94. The van der Waals surface area contributed by atoms with Gasteiger partial charge in [0.25, 0.3) is 0 Å². The number of piperazine rings is 1. The molecule has 1 fully saturated rings. The number of nitrogens with two attached hydrogens (primary N) is 1. The summed E-state index contributed by atoms with van der Waals surface area (Å²) in [5.74, 6) is 0.948. The van der Waals surface area contributed by atoms with Crippen molar-refractivity contribution in [1.82, 2.24) is 4.98 Å². The van der Waals surface area contributed by atoms with Crippen LogP contribution in [-0.2, 0) is 0 Å². The van der Waals surface area contributed by atoms with Gasteiger partial charge in [-0.2, -0.15) is 0 Å². The Hall–Kier alpha value is -1.94. The molecule has 0 radical (unpaired) electrons. The lowest BCUT2D eigenvalue weighted by atomic mass is 10.2. The molecule has 104 valence electrons. The highest BCUT2D eigenvalue weighted by Crippen LogP contribution is 2.27. The number of nitrogen functional groups attached to an aromatic ring is 1. The highest BCUT2D eigenvalue weighted by molar-refractivity contribution is 6.33. The Morgan fingerprint density at radius 2 is 1.70 bits per heavy atom. The van der Waals surface area contributed by atoms with Gasteiger partial charge in [-0.05, 0) is 18.2 Å². The number of halogens is 1. The minimum absolute atomic E-state index is 0.753. The lowest BCUT2D eigenvalue weighted by molar-refractivity contribution is 0.648. The molecule has 5 heteroatoms. The molecule has 20 heavy (non-hydrogen) atoms. The van der Waals surface area contributed by atoms with Crippen molar-refractivity contribution < 1.29 is 0 Å². The van der Waals surface area contributed by atoms with Crippen molar-refractivity contribution in [2.45, 2.75) is 0 Å². The standard InChI is InChI=1S/C15H17ClN4/c16-13-3-1-2-4-14(13)19-7-9-20(10-8-19)15-11-12(17)5-6-18-15/h1-6,11H,7-10H2,(H2,17,18). The summed E-state index contributed by atoms with van der Waals surface area (Å²) < 4.78 is 0. The van der Waals surface area contributed by atoms with Gasteiger partial charge in [0, 0.05) is 44.1 Å². The molecule has 0 bridgehead atoms. The van der Waals surface area contributed by atoms with Crippen molar-refractivity contribution in [2.24, 2.45) is 0 Å². The average molecular weight is 289 g/mol. The molecule has 1 aromatic carbocycles. The van der Waals surface area contributed by atoms with Gasteiger partial charge in [0.15, 0.2) is 0 Å². The normalized spacial score (nSPS) is 15.4. The van der Waals surface area contributed by atoms with E-state index in [0.29, 0.717) is 0 Å². The van der Waals surface area contributed by atoms with Crippen LogP contribution in [0.2, 0.25) is 5.02 Å². The predicted molar refractivity (Wildman–Crippen MR) is 84.5 cm³/mol. The van der Waals surface area contributed by atoms with E-state index in [2.05, 4.69) is 20.9 Å². The van der Waals surface area contributed by atoms with E-state index >= 15 is 0 Å². The first-order chi connectivity index (χ1) is 9.74. The fourth-order valence-electron chi connectivity index (χ4n) is 2.49. The maximum Gasteiger partial charge on any atom is 0.130 e. The van der Waals surface area contributed by atoms with E-state index in [-0.39, 0.29) is 0 Å². The van der Waals surface area contributed by atoms with Crippen LogP contribution in [0, 0.1) is 0 Å². The number of nitrogens with zero attached hydrogens (tertiary/aromatic N) is 3. The quantitative estimate of drug-likeness (QED) is 0.923. The second-order valence-corrected chi connectivity index (χ2v) is 5.28. The Morgan fingerprint density at radius 1 is 1.00 bits per heavy atom. The first-order valence-electron chi connectivity index (χ1n) is 6.70. The maximum absolute atomic E-state index is 6.25. The number of para-hydroxylation sites is 1. The van der Waals surface area contributed by atoms with Gasteiger partial charge in [0.2, 0.25) is 0 Å². The molecule has 2 heterocycles. The number of anilines is 3. The van der Waals surface area contributed by atoms with Gasteiger partial charge in [-0.1, -0.05) is 23.7 Å². The van der Waals surface area contributed by atoms with Crippen LogP contribution in [0.4, 0.5) is 17.2 Å². The number of aromatic nitrogens is 1. The van der Waals surface area contributed by atoms with E-state index in [1.807, 2.05) is 30.3 Å². The first kappa shape index (κ1) is 13.1. The zero-order valence-electron chi connectivity index (χ0n) is 11.2. The topological polar surface area (TPSA) is 45.4 Å². The van der Waals surface area contributed by atoms with E-state index < -0.39 is 0 Å². The molecule has 4 nitrogen and oxygen atoms in total. The van der Waals surface area contributed by atoms with Crippen LogP contribution >= 0.6 is 11.6 Å². The Labute approximate surface area is 123 Å². The zero-order valence-corrected chi connectivity index (χ0v) is 11.9. The van der Waals surface area contributed by atoms with E-state index in [0.717, 1.165) is 48.4 Å². The number of hydrogen-bond donors (Lipinski definition) is 1. The number of hydrogen-bond acceptors (Lipinski definition) is 4. The predicted octanol–water partition coefficient (Wildman–Crippen LogP) is 2.64. The van der Waals surface area contributed by atoms with E-state index in [9.17, 15) is 0 Å². The largest absolute Gasteiger partial charge is 0.399 e. The molecule has 0 saturated carbocycles. The summed E-state index contributed by atoms with van der Waals surface area (Å²) in [5.41, 5.74) is 7.67. The second kappa shape index (κ2) is 5.59. The van der Waals surface area contributed by atoms with Crippen molar-refractivity contribution in [3.63, 3.8) is 0 Å². The third kappa shape index (κ3) is 2.65. The molecule has 0 aliphatic carbocycles. The summed E-state index contributed by atoms with van der Waals surface area (Å²) in [6, 6.07) is 11.7. The maximum atomic E-state index is 6.25. The number of benzene rings is 1. The highest BCUT2D eigenvalue weighted by atomic mass is 35.5. The molecule has 1 saturated heterocycles. The minimum atomic E-state index is 0.753. The molecule has 1 aliphatic rings. The third-order valence-corrected chi connectivity index (χ3v) is 3.89. The second-order valence-electron chi connectivity index (χ2n) is 4.87. The number of pyridine rings is 1. The lowest BCUT2D eigenvalue weighted by Gasteiger charge is -2.37. The monoisotopic (exact) mass is 288 g/mol. The van der Waals surface area contributed by atoms with Crippen molar-refractivity contribution >= 4 is 28.8 Å². The molecular weight excluding hydrogens is 272 g/mol. The van der Waals surface area contributed by atoms with Crippen molar-refractivity contribution in [1.29, 1.82) is 0 Å². The van der Waals surface area contributed by atoms with Crippen molar-refractivity contribution in [2.75, 3.05) is 41.7 Å². The van der Waals surface area contributed by atoms with Gasteiger partial charge in [0.05, 0.1) is 10.7 Å². The van der Waals surface area contributed by atoms with E-state index in [1.165, 1.54) is 0 Å². The molecule has 0 atom stereocenters. The van der Waals surface area contributed by atoms with Gasteiger partial charge in [-0.25, -0.2) is 4.98 Å². The first-order valence-corrected chi connectivity index (χ1v) is 7.08. The summed E-state index contributed by atoms with van der Waals surface area (Å²) >= 11 is 6.25. The average Bonchev–Trinajstić information content (AvgIpc) is 2.48. The molecule has 1 aromatic heterocycles. The van der Waals surface area contributed by atoms with Crippen LogP contribution in [0.3, 0.4) is 0 Å². The van der Waals surface area contributed by atoms with Gasteiger partial charge >= 0.3 is 0 Å². The van der Waals surface area contributed by atoms with Gasteiger partial charge in [0.1, 0.15) is 5.82 Å². The van der Waals surface area contributed by atoms with Crippen LogP contribution in [0.25, 0.3) is 0 Å². The molecule has 1 aliphatic heterocycles. The van der Waals surface area contributed by atoms with Gasteiger partial charge in [-0.15, -0.1) is 0 Å². The van der Waals surface area contributed by atoms with Crippen LogP contribution in [-0.4, -0.2) is 31.2 Å². The van der Waals surface area contributed by atoms with Gasteiger partial charge in [-0.3, -0.25) is 0 Å². The molecular formula is C15H17ClN4. The van der Waals surface area contributed by atoms with Crippen LogP contribution in [0.1, 0.15) is 0 Å². The minimum Gasteiger partial charge on any atom is -0.399 e. The Balaban J connectivity index is 1.70. The fourth-order valence-corrected chi connectivity index (χ4v) is 2.75. The van der Waals surface area contributed by atoms with Gasteiger partial charge < -0.3 is 15.5 Å². The van der Waals surface area contributed by atoms with E-state index in [1.54, 1.807) is 6.20 Å². The fraction of sp³-hybridized carbons (Fsp3) is 0.267. The SMILES string of the molecule is Nc1ccnc(N2CCN(c3ccccc3Cl)CC2)c1. The molecule has 2 N–H and O–H groups in total. The summed E-state index contributed by atoms with van der Waals surface area (Å²) in [7, 11) is 0.